The molecule has 0 heterocycles. The molecule has 4 nitrogen and oxygen atoms in total. The van der Waals surface area contributed by atoms with Gasteiger partial charge in [-0.15, -0.1) is 0 Å². The van der Waals surface area contributed by atoms with Crippen molar-refractivity contribution in [3.05, 3.63) is 70.5 Å². The minimum absolute atomic E-state index is 0.140. The highest BCUT2D eigenvalue weighted by atomic mass is 35.5. The Morgan fingerprint density at radius 3 is 2.38 bits per heavy atom. The molecule has 2 rings (SSSR count). The Balaban J connectivity index is 2.23. The van der Waals surface area contributed by atoms with Gasteiger partial charge in [0.05, 0.1) is 12.6 Å². The lowest BCUT2D eigenvalue weighted by Crippen LogP contribution is -2.38. The summed E-state index contributed by atoms with van der Waals surface area (Å²) in [6, 6.07) is 12.4. The quantitative estimate of drug-likeness (QED) is 0.842. The molecular formula is C18H18ClFN2O2. The minimum atomic E-state index is -0.564. The smallest absolute Gasteiger partial charge is 0.240 e. The number of rotatable bonds is 6. The number of carbonyl (C=O) groups is 2. The predicted molar refractivity (Wildman–Crippen MR) is 91.1 cm³/mol. The summed E-state index contributed by atoms with van der Waals surface area (Å²) < 4.78 is 13.6. The van der Waals surface area contributed by atoms with Crippen molar-refractivity contribution in [2.45, 2.75) is 19.4 Å². The lowest BCUT2D eigenvalue weighted by atomic mass is 9.98. The van der Waals surface area contributed by atoms with Crippen molar-refractivity contribution in [1.82, 2.24) is 10.6 Å². The molecule has 2 N–H and O–H groups in total. The maximum atomic E-state index is 13.6. The van der Waals surface area contributed by atoms with E-state index in [0.717, 1.165) is 5.56 Å². The van der Waals surface area contributed by atoms with Gasteiger partial charge in [0.25, 0.3) is 0 Å². The summed E-state index contributed by atoms with van der Waals surface area (Å²) in [7, 11) is 0. The zero-order valence-electron chi connectivity index (χ0n) is 13.2. The van der Waals surface area contributed by atoms with E-state index in [0.29, 0.717) is 17.0 Å². The third kappa shape index (κ3) is 5.06. The van der Waals surface area contributed by atoms with Crippen molar-refractivity contribution in [3.8, 4) is 0 Å². The normalized spacial score (nSPS) is 11.6. The van der Waals surface area contributed by atoms with Crippen LogP contribution < -0.4 is 10.6 Å². The number of halogens is 2. The Morgan fingerprint density at radius 1 is 1.08 bits per heavy atom. The Morgan fingerprint density at radius 2 is 1.75 bits per heavy atom. The Hall–Kier alpha value is -2.40. The van der Waals surface area contributed by atoms with Crippen LogP contribution in [-0.2, 0) is 9.59 Å². The van der Waals surface area contributed by atoms with Crippen LogP contribution in [0.3, 0.4) is 0 Å². The molecule has 0 bridgehead atoms. The summed E-state index contributed by atoms with van der Waals surface area (Å²) >= 11 is 6.02. The maximum Gasteiger partial charge on any atom is 0.240 e. The maximum absolute atomic E-state index is 13.6. The molecule has 2 amide bonds. The molecule has 0 radical (unpaired) electrons. The molecule has 0 aliphatic heterocycles. The largest absolute Gasteiger partial charge is 0.347 e. The fourth-order valence-corrected chi connectivity index (χ4v) is 2.45. The number of nitrogens with one attached hydrogen (secondary N) is 2. The predicted octanol–water partition coefficient (Wildman–Crippen LogP) is 3.21. The Bertz CT molecular complexity index is 691. The summed E-state index contributed by atoms with van der Waals surface area (Å²) in [5, 5.41) is 5.83. The van der Waals surface area contributed by atoms with E-state index in [4.69, 9.17) is 11.6 Å². The first-order chi connectivity index (χ1) is 11.5. The molecular weight excluding hydrogens is 331 g/mol. The summed E-state index contributed by atoms with van der Waals surface area (Å²) in [5.41, 5.74) is 1.32. The first-order valence-corrected chi connectivity index (χ1v) is 7.94. The molecule has 0 aliphatic rings. The molecule has 24 heavy (non-hydrogen) atoms. The van der Waals surface area contributed by atoms with Crippen LogP contribution in [0.5, 0.6) is 0 Å². The monoisotopic (exact) mass is 348 g/mol. The van der Waals surface area contributed by atoms with Gasteiger partial charge in [-0.3, -0.25) is 9.59 Å². The fraction of sp³-hybridized carbons (Fsp3) is 0.222. The lowest BCUT2D eigenvalue weighted by Gasteiger charge is -2.20. The van der Waals surface area contributed by atoms with Crippen LogP contribution in [0.4, 0.5) is 4.39 Å². The molecule has 0 saturated heterocycles. The van der Waals surface area contributed by atoms with Gasteiger partial charge in [0, 0.05) is 11.4 Å². The first kappa shape index (κ1) is 17.9. The van der Waals surface area contributed by atoms with Crippen molar-refractivity contribution < 1.29 is 14.0 Å². The highest BCUT2D eigenvalue weighted by molar-refractivity contribution is 6.30. The second-order valence-corrected chi connectivity index (χ2v) is 5.68. The van der Waals surface area contributed by atoms with E-state index in [1.54, 1.807) is 43.3 Å². The van der Waals surface area contributed by atoms with Crippen LogP contribution in [-0.4, -0.2) is 18.4 Å². The molecule has 0 unspecified atom stereocenters. The van der Waals surface area contributed by atoms with Crippen LogP contribution >= 0.6 is 11.6 Å². The van der Waals surface area contributed by atoms with Crippen molar-refractivity contribution in [2.24, 2.45) is 0 Å². The van der Waals surface area contributed by atoms with Gasteiger partial charge in [0.15, 0.2) is 0 Å². The van der Waals surface area contributed by atoms with Crippen LogP contribution in [0, 0.1) is 5.82 Å². The number of amides is 2. The fourth-order valence-electron chi connectivity index (χ4n) is 2.25. The third-order valence-corrected chi connectivity index (χ3v) is 3.67. The van der Waals surface area contributed by atoms with Crippen LogP contribution in [0.15, 0.2) is 48.5 Å². The third-order valence-electron chi connectivity index (χ3n) is 3.44. The molecule has 0 spiro atoms. The van der Waals surface area contributed by atoms with Crippen LogP contribution in [0.25, 0.3) is 0 Å². The summed E-state index contributed by atoms with van der Waals surface area (Å²) in [6.07, 6.45) is 0.300. The average molecular weight is 349 g/mol. The van der Waals surface area contributed by atoms with Crippen molar-refractivity contribution in [1.29, 1.82) is 0 Å². The average Bonchev–Trinajstić information content (AvgIpc) is 2.57. The number of benzene rings is 2. The molecule has 6 heteroatoms. The second-order valence-electron chi connectivity index (χ2n) is 5.24. The Kier molecular flexibility index (Phi) is 6.32. The molecule has 0 saturated carbocycles. The SMILES string of the molecule is CCC(=O)NCC(=O)N[C@H](c1cccc(F)c1)c1cccc(Cl)c1. The van der Waals surface area contributed by atoms with E-state index in [-0.39, 0.29) is 18.4 Å². The van der Waals surface area contributed by atoms with Gasteiger partial charge in [-0.2, -0.15) is 0 Å². The summed E-state index contributed by atoms with van der Waals surface area (Å²) in [5.74, 6) is -0.977. The van der Waals surface area contributed by atoms with Gasteiger partial charge in [-0.1, -0.05) is 42.8 Å². The zero-order chi connectivity index (χ0) is 17.5. The van der Waals surface area contributed by atoms with Crippen molar-refractivity contribution in [2.75, 3.05) is 6.54 Å². The standard InChI is InChI=1S/C18H18ClFN2O2/c1-2-16(23)21-11-17(24)22-18(12-5-3-7-14(19)9-12)13-6-4-8-15(20)10-13/h3-10,18H,2,11H2,1H3,(H,21,23)(H,22,24)/t18-/m0/s1. The van der Waals surface area contributed by atoms with E-state index in [2.05, 4.69) is 10.6 Å². The molecule has 2 aromatic rings. The van der Waals surface area contributed by atoms with Gasteiger partial charge < -0.3 is 10.6 Å². The highest BCUT2D eigenvalue weighted by Gasteiger charge is 2.18. The van der Waals surface area contributed by atoms with Gasteiger partial charge >= 0.3 is 0 Å². The minimum Gasteiger partial charge on any atom is -0.347 e. The van der Waals surface area contributed by atoms with Crippen molar-refractivity contribution in [3.63, 3.8) is 0 Å². The van der Waals surface area contributed by atoms with Gasteiger partial charge in [-0.25, -0.2) is 4.39 Å². The van der Waals surface area contributed by atoms with Gasteiger partial charge in [0.2, 0.25) is 11.8 Å². The zero-order valence-corrected chi connectivity index (χ0v) is 13.9. The molecule has 0 fully saturated rings. The van der Waals surface area contributed by atoms with E-state index < -0.39 is 11.9 Å². The topological polar surface area (TPSA) is 58.2 Å². The molecule has 0 aromatic heterocycles. The van der Waals surface area contributed by atoms with Crippen LogP contribution in [0.1, 0.15) is 30.5 Å². The lowest BCUT2D eigenvalue weighted by molar-refractivity contribution is -0.126. The van der Waals surface area contributed by atoms with Crippen LogP contribution in [0.2, 0.25) is 5.02 Å². The van der Waals surface area contributed by atoms with Gasteiger partial charge in [0.1, 0.15) is 5.82 Å². The number of hydrogen-bond donors (Lipinski definition) is 2. The highest BCUT2D eigenvalue weighted by Crippen LogP contribution is 2.25. The number of hydrogen-bond acceptors (Lipinski definition) is 2. The molecule has 126 valence electrons. The van der Waals surface area contributed by atoms with Crippen molar-refractivity contribution >= 4 is 23.4 Å². The first-order valence-electron chi connectivity index (χ1n) is 7.56. The van der Waals surface area contributed by atoms with E-state index >= 15 is 0 Å². The van der Waals surface area contributed by atoms with E-state index in [1.807, 2.05) is 0 Å². The van der Waals surface area contributed by atoms with E-state index in [9.17, 15) is 14.0 Å². The summed E-state index contributed by atoms with van der Waals surface area (Å²) in [6.45, 7) is 1.56. The molecule has 1 atom stereocenters. The Labute approximate surface area is 145 Å². The van der Waals surface area contributed by atoms with Gasteiger partial charge in [-0.05, 0) is 35.4 Å². The molecule has 2 aromatic carbocycles. The number of carbonyl (C=O) groups excluding carboxylic acids is 2. The molecule has 0 aliphatic carbocycles. The second kappa shape index (κ2) is 8.45. The summed E-state index contributed by atoms with van der Waals surface area (Å²) in [4.78, 5) is 23.4. The van der Waals surface area contributed by atoms with E-state index in [1.165, 1.54) is 12.1 Å².